The smallest absolute Gasteiger partial charge is 0.272 e. The molecule has 2 N–H and O–H groups in total. The molecule has 0 saturated heterocycles. The van der Waals surface area contributed by atoms with Crippen LogP contribution in [0.15, 0.2) is 0 Å². The number of nitrogens with one attached hydrogen (secondary N) is 2. The van der Waals surface area contributed by atoms with Crippen LogP contribution in [-0.2, 0) is 17.8 Å². The summed E-state index contributed by atoms with van der Waals surface area (Å²) < 4.78 is 5.40. The zero-order chi connectivity index (χ0) is 12.4. The van der Waals surface area contributed by atoms with Crippen LogP contribution >= 0.6 is 0 Å². The zero-order valence-electron chi connectivity index (χ0n) is 10.5. The molecular formula is C13H19N3O2. The van der Waals surface area contributed by atoms with Crippen LogP contribution in [-0.4, -0.2) is 28.8 Å². The highest BCUT2D eigenvalue weighted by molar-refractivity contribution is 5.94. The molecule has 2 aliphatic rings. The van der Waals surface area contributed by atoms with E-state index in [0.29, 0.717) is 24.9 Å². The lowest BCUT2D eigenvalue weighted by molar-refractivity contribution is 0.0901. The van der Waals surface area contributed by atoms with Gasteiger partial charge in [0, 0.05) is 23.7 Å². The van der Waals surface area contributed by atoms with Crippen molar-refractivity contribution in [2.45, 2.75) is 51.2 Å². The molecule has 98 valence electrons. The minimum absolute atomic E-state index is 0.0510. The standard InChI is InChI=1S/C13H19N3O2/c17-13(14-9-4-2-1-3-5-9)12-10-8-18-7-6-11(10)15-16-12/h9H,1-8H2,(H,14,17)(H,15,16). The van der Waals surface area contributed by atoms with Gasteiger partial charge in [-0.2, -0.15) is 5.10 Å². The van der Waals surface area contributed by atoms with Crippen LogP contribution in [0.1, 0.15) is 53.8 Å². The Bertz CT molecular complexity index is 435. The van der Waals surface area contributed by atoms with E-state index in [9.17, 15) is 4.79 Å². The van der Waals surface area contributed by atoms with Gasteiger partial charge in [-0.15, -0.1) is 0 Å². The molecule has 0 spiro atoms. The maximum Gasteiger partial charge on any atom is 0.272 e. The number of fused-ring (bicyclic) bond motifs is 1. The van der Waals surface area contributed by atoms with E-state index < -0.39 is 0 Å². The van der Waals surface area contributed by atoms with Crippen LogP contribution in [0.2, 0.25) is 0 Å². The van der Waals surface area contributed by atoms with Gasteiger partial charge in [-0.1, -0.05) is 19.3 Å². The third-order valence-electron chi connectivity index (χ3n) is 3.85. The third-order valence-corrected chi connectivity index (χ3v) is 3.85. The van der Waals surface area contributed by atoms with Crippen molar-refractivity contribution in [2.75, 3.05) is 6.61 Å². The molecule has 18 heavy (non-hydrogen) atoms. The van der Waals surface area contributed by atoms with Gasteiger partial charge < -0.3 is 10.1 Å². The largest absolute Gasteiger partial charge is 0.376 e. The maximum atomic E-state index is 12.2. The number of amides is 1. The number of carbonyl (C=O) groups excluding carboxylic acids is 1. The van der Waals surface area contributed by atoms with Gasteiger partial charge in [-0.3, -0.25) is 9.89 Å². The topological polar surface area (TPSA) is 67.0 Å². The van der Waals surface area contributed by atoms with Crippen molar-refractivity contribution >= 4 is 5.91 Å². The van der Waals surface area contributed by atoms with Crippen molar-refractivity contribution in [2.24, 2.45) is 0 Å². The lowest BCUT2D eigenvalue weighted by atomic mass is 9.95. The molecule has 0 aromatic carbocycles. The Kier molecular flexibility index (Phi) is 3.32. The van der Waals surface area contributed by atoms with Gasteiger partial charge in [0.25, 0.3) is 5.91 Å². The van der Waals surface area contributed by atoms with Crippen LogP contribution < -0.4 is 5.32 Å². The molecule has 1 aromatic heterocycles. The first-order chi connectivity index (χ1) is 8.84. The van der Waals surface area contributed by atoms with E-state index in [1.54, 1.807) is 0 Å². The van der Waals surface area contributed by atoms with Crippen molar-refractivity contribution in [3.05, 3.63) is 17.0 Å². The molecule has 5 heteroatoms. The first-order valence-electron chi connectivity index (χ1n) is 6.79. The average Bonchev–Trinajstić information content (AvgIpc) is 2.84. The lowest BCUT2D eigenvalue weighted by Crippen LogP contribution is -2.37. The average molecular weight is 249 g/mol. The number of hydrogen-bond donors (Lipinski definition) is 2. The number of ether oxygens (including phenoxy) is 1. The van der Waals surface area contributed by atoms with Gasteiger partial charge in [0.05, 0.1) is 13.2 Å². The molecule has 2 heterocycles. The normalized spacial score (nSPS) is 20.4. The van der Waals surface area contributed by atoms with Crippen LogP contribution in [0.25, 0.3) is 0 Å². The first kappa shape index (κ1) is 11.7. The van der Waals surface area contributed by atoms with Gasteiger partial charge in [0.2, 0.25) is 0 Å². The highest BCUT2D eigenvalue weighted by Gasteiger charge is 2.24. The minimum Gasteiger partial charge on any atom is -0.376 e. The number of aromatic amines is 1. The number of aromatic nitrogens is 2. The quantitative estimate of drug-likeness (QED) is 0.835. The van der Waals surface area contributed by atoms with Gasteiger partial charge in [-0.05, 0) is 12.8 Å². The van der Waals surface area contributed by atoms with Gasteiger partial charge >= 0.3 is 0 Å². The fourth-order valence-electron chi connectivity index (χ4n) is 2.80. The van der Waals surface area contributed by atoms with E-state index in [2.05, 4.69) is 15.5 Å². The van der Waals surface area contributed by atoms with Crippen molar-refractivity contribution in [1.82, 2.24) is 15.5 Å². The number of nitrogens with zero attached hydrogens (tertiary/aromatic N) is 1. The fourth-order valence-corrected chi connectivity index (χ4v) is 2.80. The second kappa shape index (κ2) is 5.10. The Morgan fingerprint density at radius 2 is 2.17 bits per heavy atom. The molecule has 0 bridgehead atoms. The minimum atomic E-state index is -0.0510. The highest BCUT2D eigenvalue weighted by atomic mass is 16.5. The summed E-state index contributed by atoms with van der Waals surface area (Å²) >= 11 is 0. The highest BCUT2D eigenvalue weighted by Crippen LogP contribution is 2.20. The second-order valence-corrected chi connectivity index (χ2v) is 5.14. The summed E-state index contributed by atoms with van der Waals surface area (Å²) in [6.45, 7) is 1.21. The number of hydrogen-bond acceptors (Lipinski definition) is 3. The molecule has 0 unspecified atom stereocenters. The SMILES string of the molecule is O=C(NC1CCCCC1)c1n[nH]c2c1COCC2. The summed E-state index contributed by atoms with van der Waals surface area (Å²) in [5.41, 5.74) is 2.51. The molecular weight excluding hydrogens is 230 g/mol. The maximum absolute atomic E-state index is 12.2. The van der Waals surface area contributed by atoms with Gasteiger partial charge in [0.1, 0.15) is 0 Å². The molecule has 1 aromatic rings. The zero-order valence-corrected chi connectivity index (χ0v) is 10.5. The van der Waals surface area contributed by atoms with Crippen LogP contribution in [0.5, 0.6) is 0 Å². The van der Waals surface area contributed by atoms with Crippen LogP contribution in [0, 0.1) is 0 Å². The summed E-state index contributed by atoms with van der Waals surface area (Å²) in [5, 5.41) is 10.2. The molecule has 5 nitrogen and oxygen atoms in total. The monoisotopic (exact) mass is 249 g/mol. The molecule has 1 aliphatic carbocycles. The van der Waals surface area contributed by atoms with Crippen molar-refractivity contribution < 1.29 is 9.53 Å². The Morgan fingerprint density at radius 1 is 1.33 bits per heavy atom. The van der Waals surface area contributed by atoms with E-state index in [1.807, 2.05) is 0 Å². The number of carbonyl (C=O) groups is 1. The van der Waals surface area contributed by atoms with E-state index in [4.69, 9.17) is 4.74 Å². The van der Waals surface area contributed by atoms with Gasteiger partial charge in [-0.25, -0.2) is 0 Å². The number of H-pyrrole nitrogens is 1. The van der Waals surface area contributed by atoms with Crippen molar-refractivity contribution in [1.29, 1.82) is 0 Å². The fraction of sp³-hybridized carbons (Fsp3) is 0.692. The molecule has 1 saturated carbocycles. The van der Waals surface area contributed by atoms with Crippen molar-refractivity contribution in [3.8, 4) is 0 Å². The Labute approximate surface area is 106 Å². The van der Waals surface area contributed by atoms with Crippen molar-refractivity contribution in [3.63, 3.8) is 0 Å². The molecule has 1 fully saturated rings. The summed E-state index contributed by atoms with van der Waals surface area (Å²) in [5.74, 6) is -0.0510. The van der Waals surface area contributed by atoms with Gasteiger partial charge in [0.15, 0.2) is 5.69 Å². The first-order valence-corrected chi connectivity index (χ1v) is 6.79. The molecule has 1 aliphatic heterocycles. The predicted octanol–water partition coefficient (Wildman–Crippen LogP) is 1.54. The lowest BCUT2D eigenvalue weighted by Gasteiger charge is -2.22. The van der Waals surface area contributed by atoms with E-state index in [1.165, 1.54) is 19.3 Å². The molecule has 1 amide bonds. The van der Waals surface area contributed by atoms with E-state index in [-0.39, 0.29) is 5.91 Å². The second-order valence-electron chi connectivity index (χ2n) is 5.14. The van der Waals surface area contributed by atoms with Crippen LogP contribution in [0.4, 0.5) is 0 Å². The molecule has 3 rings (SSSR count). The Balaban J connectivity index is 1.70. The Morgan fingerprint density at radius 3 is 3.00 bits per heavy atom. The Hall–Kier alpha value is -1.36. The summed E-state index contributed by atoms with van der Waals surface area (Å²) in [7, 11) is 0. The third kappa shape index (κ3) is 2.27. The summed E-state index contributed by atoms with van der Waals surface area (Å²) in [4.78, 5) is 12.2. The van der Waals surface area contributed by atoms with E-state index in [0.717, 1.165) is 30.5 Å². The number of rotatable bonds is 2. The predicted molar refractivity (Wildman–Crippen MR) is 66.3 cm³/mol. The summed E-state index contributed by atoms with van der Waals surface area (Å²) in [6.07, 6.45) is 6.72. The molecule has 0 radical (unpaired) electrons. The van der Waals surface area contributed by atoms with Crippen LogP contribution in [0.3, 0.4) is 0 Å². The summed E-state index contributed by atoms with van der Waals surface area (Å²) in [6, 6.07) is 0.322. The van der Waals surface area contributed by atoms with E-state index >= 15 is 0 Å². The molecule has 0 atom stereocenters.